The fourth-order valence-electron chi connectivity index (χ4n) is 4.29. The van der Waals surface area contributed by atoms with Gasteiger partial charge in [-0.25, -0.2) is 8.78 Å². The van der Waals surface area contributed by atoms with E-state index in [2.05, 4.69) is 20.8 Å². The van der Waals surface area contributed by atoms with Crippen LogP contribution in [0.1, 0.15) is 67.6 Å². The van der Waals surface area contributed by atoms with Crippen LogP contribution in [0.15, 0.2) is 71.3 Å². The van der Waals surface area contributed by atoms with Crippen molar-refractivity contribution in [2.45, 2.75) is 38.1 Å². The van der Waals surface area contributed by atoms with Crippen LogP contribution >= 0.6 is 11.6 Å². The number of nitrogens with one attached hydrogen (secondary N) is 2. The van der Waals surface area contributed by atoms with Gasteiger partial charge in [0.25, 0.3) is 11.8 Å². The summed E-state index contributed by atoms with van der Waals surface area (Å²) in [6, 6.07) is 16.0. The number of carbonyl (C=O) groups excluding carboxylic acids is 3. The molecule has 0 bridgehead atoms. The minimum Gasteiger partial charge on any atom is -0.352 e. The van der Waals surface area contributed by atoms with Gasteiger partial charge in [-0.3, -0.25) is 14.4 Å². The van der Waals surface area contributed by atoms with E-state index in [-0.39, 0.29) is 36.0 Å². The molecule has 4 rings (SSSR count). The van der Waals surface area contributed by atoms with E-state index in [1.165, 1.54) is 0 Å². The molecule has 0 radical (unpaired) electrons. The van der Waals surface area contributed by atoms with Crippen LogP contribution in [-0.4, -0.2) is 46.9 Å². The quantitative estimate of drug-likeness (QED) is 0.139. The first-order chi connectivity index (χ1) is 20.7. The summed E-state index contributed by atoms with van der Waals surface area (Å²) in [6.45, 7) is 0.849. The number of benzene rings is 3. The normalized spacial score (nSPS) is 11.6. The standard InChI is InChI=1S/C31H30ClF2N5O4/c32-23-5-3-4-19(16-23)13-15-36-30(41)21-9-7-20(8-10-21)17-27-38-29(39-43-27)28(40)26(6-1-2-14-35)37-31(42)22-11-12-24(33)25(34)18-22/h3-5,7-12,16,18,26H,1-2,6,13-15,17,35H2,(H,36,41)(H,37,42)/t26-/m0/s1. The van der Waals surface area contributed by atoms with Crippen LogP contribution in [0.2, 0.25) is 5.02 Å². The van der Waals surface area contributed by atoms with Gasteiger partial charge < -0.3 is 20.9 Å². The first-order valence-corrected chi connectivity index (χ1v) is 14.1. The molecule has 4 aromatic rings. The van der Waals surface area contributed by atoms with Crippen molar-refractivity contribution in [2.24, 2.45) is 5.73 Å². The van der Waals surface area contributed by atoms with Crippen LogP contribution in [0.4, 0.5) is 8.78 Å². The monoisotopic (exact) mass is 609 g/mol. The number of nitrogens with two attached hydrogens (primary N) is 1. The Kier molecular flexibility index (Phi) is 11.1. The van der Waals surface area contributed by atoms with E-state index in [9.17, 15) is 23.2 Å². The van der Waals surface area contributed by atoms with E-state index < -0.39 is 29.4 Å². The number of unbranched alkanes of at least 4 members (excludes halogenated alkanes) is 1. The van der Waals surface area contributed by atoms with Crippen LogP contribution < -0.4 is 16.4 Å². The number of nitrogens with zero attached hydrogens (tertiary/aromatic N) is 2. The lowest BCUT2D eigenvalue weighted by molar-refractivity contribution is 0.0843. The predicted octanol–water partition coefficient (Wildman–Crippen LogP) is 4.67. The molecule has 0 saturated carbocycles. The predicted molar refractivity (Wildman–Crippen MR) is 156 cm³/mol. The maximum Gasteiger partial charge on any atom is 0.251 e. The number of ketones is 1. The van der Waals surface area contributed by atoms with Crippen LogP contribution in [0.3, 0.4) is 0 Å². The molecule has 0 spiro atoms. The molecule has 0 aliphatic carbocycles. The SMILES string of the molecule is NCCCC[C@H](NC(=O)c1ccc(F)c(F)c1)C(=O)c1noc(Cc2ccc(C(=O)NCCc3cccc(Cl)c3)cc2)n1. The summed E-state index contributed by atoms with van der Waals surface area (Å²) in [4.78, 5) is 42.6. The molecule has 4 N–H and O–H groups in total. The van der Waals surface area contributed by atoms with E-state index >= 15 is 0 Å². The Morgan fingerprint density at radius 3 is 2.40 bits per heavy atom. The number of aromatic nitrogens is 2. The van der Waals surface area contributed by atoms with Crippen molar-refractivity contribution in [3.05, 3.63) is 117 Å². The Morgan fingerprint density at radius 1 is 0.907 bits per heavy atom. The van der Waals surface area contributed by atoms with Gasteiger partial charge in [0.2, 0.25) is 17.5 Å². The highest BCUT2D eigenvalue weighted by molar-refractivity contribution is 6.30. The molecule has 43 heavy (non-hydrogen) atoms. The highest BCUT2D eigenvalue weighted by atomic mass is 35.5. The van der Waals surface area contributed by atoms with Gasteiger partial charge in [-0.1, -0.05) is 41.0 Å². The molecule has 0 saturated heterocycles. The lowest BCUT2D eigenvalue weighted by Crippen LogP contribution is -2.41. The zero-order valence-corrected chi connectivity index (χ0v) is 23.9. The molecule has 1 aromatic heterocycles. The number of halogens is 3. The molecule has 224 valence electrons. The first-order valence-electron chi connectivity index (χ1n) is 13.7. The van der Waals surface area contributed by atoms with Gasteiger partial charge in [-0.05, 0) is 85.8 Å². The second-order valence-electron chi connectivity index (χ2n) is 9.82. The van der Waals surface area contributed by atoms with Crippen molar-refractivity contribution in [3.63, 3.8) is 0 Å². The third-order valence-corrected chi connectivity index (χ3v) is 6.83. The van der Waals surface area contributed by atoms with Gasteiger partial charge in [-0.2, -0.15) is 4.98 Å². The van der Waals surface area contributed by atoms with Crippen molar-refractivity contribution < 1.29 is 27.7 Å². The molecule has 1 heterocycles. The van der Waals surface area contributed by atoms with Crippen LogP contribution in [0.25, 0.3) is 0 Å². The smallest absolute Gasteiger partial charge is 0.251 e. The second-order valence-corrected chi connectivity index (χ2v) is 10.3. The Morgan fingerprint density at radius 2 is 1.67 bits per heavy atom. The second kappa shape index (κ2) is 15.1. The Balaban J connectivity index is 1.35. The summed E-state index contributed by atoms with van der Waals surface area (Å²) in [6.07, 6.45) is 2.22. The number of hydrogen-bond donors (Lipinski definition) is 3. The van der Waals surface area contributed by atoms with Crippen molar-refractivity contribution in [1.29, 1.82) is 0 Å². The van der Waals surface area contributed by atoms with Crippen LogP contribution in [-0.2, 0) is 12.8 Å². The highest BCUT2D eigenvalue weighted by Gasteiger charge is 2.27. The Bertz CT molecular complexity index is 1580. The number of hydrogen-bond acceptors (Lipinski definition) is 7. The molecular formula is C31H30ClF2N5O4. The van der Waals surface area contributed by atoms with Crippen molar-refractivity contribution >= 4 is 29.2 Å². The molecule has 9 nitrogen and oxygen atoms in total. The van der Waals surface area contributed by atoms with E-state index in [0.717, 1.165) is 29.3 Å². The van der Waals surface area contributed by atoms with Gasteiger partial charge in [0, 0.05) is 22.7 Å². The lowest BCUT2D eigenvalue weighted by atomic mass is 10.0. The number of rotatable bonds is 14. The molecule has 0 fully saturated rings. The fraction of sp³-hybridized carbons (Fsp3) is 0.258. The molecule has 1 atom stereocenters. The summed E-state index contributed by atoms with van der Waals surface area (Å²) >= 11 is 6.00. The maximum atomic E-state index is 13.6. The highest BCUT2D eigenvalue weighted by Crippen LogP contribution is 2.15. The minimum absolute atomic E-state index is 0.137. The number of amides is 2. The van der Waals surface area contributed by atoms with Gasteiger partial charge in [0.05, 0.1) is 12.5 Å². The van der Waals surface area contributed by atoms with Gasteiger partial charge >= 0.3 is 0 Å². The van der Waals surface area contributed by atoms with E-state index in [4.69, 9.17) is 21.9 Å². The first kappa shape index (κ1) is 31.5. The van der Waals surface area contributed by atoms with Gasteiger partial charge in [0.15, 0.2) is 11.6 Å². The summed E-state index contributed by atoms with van der Waals surface area (Å²) < 4.78 is 32.2. The molecule has 3 aromatic carbocycles. The van der Waals surface area contributed by atoms with Crippen molar-refractivity contribution in [2.75, 3.05) is 13.1 Å². The number of Topliss-reactive ketones (excluding diaryl/α,β-unsaturated/α-hetero) is 1. The minimum atomic E-state index is -1.18. The van der Waals surface area contributed by atoms with E-state index in [1.807, 2.05) is 18.2 Å². The average molecular weight is 610 g/mol. The Labute approximate surface area is 251 Å². The van der Waals surface area contributed by atoms with Gasteiger partial charge in [-0.15, -0.1) is 0 Å². The topological polar surface area (TPSA) is 140 Å². The van der Waals surface area contributed by atoms with Crippen LogP contribution in [0.5, 0.6) is 0 Å². The van der Waals surface area contributed by atoms with Gasteiger partial charge in [0.1, 0.15) is 0 Å². The molecule has 0 aliphatic heterocycles. The van der Waals surface area contributed by atoms with Crippen LogP contribution in [0, 0.1) is 11.6 Å². The summed E-state index contributed by atoms with van der Waals surface area (Å²) in [5, 5.41) is 9.86. The fourth-order valence-corrected chi connectivity index (χ4v) is 4.50. The molecular weight excluding hydrogens is 580 g/mol. The van der Waals surface area contributed by atoms with E-state index in [0.29, 0.717) is 42.9 Å². The average Bonchev–Trinajstić information content (AvgIpc) is 3.46. The lowest BCUT2D eigenvalue weighted by Gasteiger charge is -2.16. The Hall–Kier alpha value is -4.48. The summed E-state index contributed by atoms with van der Waals surface area (Å²) in [7, 11) is 0. The van der Waals surface area contributed by atoms with Crippen molar-refractivity contribution in [1.82, 2.24) is 20.8 Å². The summed E-state index contributed by atoms with van der Waals surface area (Å²) in [5.74, 6) is -3.89. The van der Waals surface area contributed by atoms with Crippen molar-refractivity contribution in [3.8, 4) is 0 Å². The zero-order chi connectivity index (χ0) is 30.8. The third-order valence-electron chi connectivity index (χ3n) is 6.60. The zero-order valence-electron chi connectivity index (χ0n) is 23.1. The van der Waals surface area contributed by atoms with E-state index in [1.54, 1.807) is 30.3 Å². The molecule has 2 amide bonds. The molecule has 0 aliphatic rings. The third kappa shape index (κ3) is 9.00. The largest absolute Gasteiger partial charge is 0.352 e. The summed E-state index contributed by atoms with van der Waals surface area (Å²) in [5.41, 5.74) is 7.69. The molecule has 0 unspecified atom stereocenters. The molecule has 12 heteroatoms. The maximum absolute atomic E-state index is 13.6. The number of carbonyl (C=O) groups is 3.